The number of rotatable bonds is 11. The Kier molecular flexibility index (Phi) is 10.9. The van der Waals surface area contributed by atoms with Crippen LogP contribution in [-0.2, 0) is 13.7 Å². The fourth-order valence-corrected chi connectivity index (χ4v) is 6.73. The molecule has 242 valence electrons. The number of fused-ring (bicyclic) bond motifs is 1. The van der Waals surface area contributed by atoms with E-state index >= 15 is 0 Å². The molecule has 49 heavy (non-hydrogen) atoms. The Hall–Kier alpha value is -5.17. The number of aliphatic imine (C=N–C) groups is 1. The molecule has 2 heterocycles. The summed E-state index contributed by atoms with van der Waals surface area (Å²) in [6, 6.07) is 38.6. The summed E-state index contributed by atoms with van der Waals surface area (Å²) in [5.74, 6) is 0.750. The van der Waals surface area contributed by atoms with Gasteiger partial charge in [-0.05, 0) is 57.8 Å². The minimum atomic E-state index is 0.230. The van der Waals surface area contributed by atoms with Gasteiger partial charge in [-0.2, -0.15) is 10.4 Å². The Morgan fingerprint density at radius 2 is 1.61 bits per heavy atom. The number of ether oxygens (including phenoxy) is 1. The Morgan fingerprint density at radius 3 is 2.22 bits per heavy atom. The third-order valence-corrected chi connectivity index (χ3v) is 9.88. The number of hydrogen-bond acceptors (Lipinski definition) is 6. The first-order valence-corrected chi connectivity index (χ1v) is 19.6. The summed E-state index contributed by atoms with van der Waals surface area (Å²) in [5.41, 5.74) is 8.59. The molecule has 1 unspecified atom stereocenters. The number of aromatic nitrogens is 2. The predicted molar refractivity (Wildman–Crippen MR) is 209 cm³/mol. The lowest BCUT2D eigenvalue weighted by Gasteiger charge is -2.18. The summed E-state index contributed by atoms with van der Waals surface area (Å²) < 4.78 is 10.1. The van der Waals surface area contributed by atoms with E-state index in [1.165, 1.54) is 0 Å². The quantitative estimate of drug-likeness (QED) is 0.0431. The standard InChI is InChI=1S/C39H33IN7OP/c1-27-32(20-13-21-34(27)48-26-28-14-7-4-8-15-28)36-35-31(22-23-47(49-40)45-42-2)25-46(3)39(35)43-33(24-41)38(36)44-37(29-16-9-5-10-17-29)30-18-11-6-12-19-30/h4-23,25,49H,26H2,1-3H3/b23-22+,45-42?. The van der Waals surface area contributed by atoms with E-state index in [2.05, 4.69) is 51.4 Å². The molecule has 4 aromatic carbocycles. The van der Waals surface area contributed by atoms with Crippen LogP contribution in [0.25, 0.3) is 28.2 Å². The molecule has 8 nitrogen and oxygen atoms in total. The first-order valence-electron chi connectivity index (χ1n) is 15.5. The van der Waals surface area contributed by atoms with Crippen molar-refractivity contribution in [3.63, 3.8) is 0 Å². The van der Waals surface area contributed by atoms with Gasteiger partial charge in [0.1, 0.15) is 29.8 Å². The Morgan fingerprint density at radius 1 is 0.959 bits per heavy atom. The third-order valence-electron chi connectivity index (χ3n) is 7.99. The van der Waals surface area contributed by atoms with Crippen LogP contribution in [0.3, 0.4) is 0 Å². The van der Waals surface area contributed by atoms with Gasteiger partial charge in [-0.15, -0.1) is 0 Å². The van der Waals surface area contributed by atoms with Crippen LogP contribution in [0.2, 0.25) is 0 Å². The van der Waals surface area contributed by atoms with Gasteiger partial charge in [0.15, 0.2) is 5.69 Å². The molecule has 0 amide bonds. The molecule has 2 aromatic heterocycles. The van der Waals surface area contributed by atoms with Crippen molar-refractivity contribution < 1.29 is 4.74 Å². The molecule has 0 aliphatic rings. The fraction of sp³-hybridized carbons (Fsp3) is 0.103. The van der Waals surface area contributed by atoms with E-state index in [0.29, 0.717) is 24.3 Å². The summed E-state index contributed by atoms with van der Waals surface area (Å²) in [6.07, 6.45) is 6.29. The highest BCUT2D eigenvalue weighted by atomic mass is 127. The lowest BCUT2D eigenvalue weighted by Crippen LogP contribution is -2.04. The number of hydrogen-bond donors (Lipinski definition) is 0. The molecule has 0 aliphatic carbocycles. The molecule has 0 fully saturated rings. The summed E-state index contributed by atoms with van der Waals surface area (Å²) in [7, 11) is 3.59. The summed E-state index contributed by atoms with van der Waals surface area (Å²) in [4.78, 5) is 10.3. The summed E-state index contributed by atoms with van der Waals surface area (Å²) >= 11 is 2.28. The molecule has 0 bridgehead atoms. The van der Waals surface area contributed by atoms with E-state index in [1.807, 2.05) is 133 Å². The van der Waals surface area contributed by atoms with Crippen LogP contribution in [0.15, 0.2) is 137 Å². The van der Waals surface area contributed by atoms with Gasteiger partial charge in [0, 0.05) is 47.1 Å². The molecule has 10 heteroatoms. The number of halogens is 1. The van der Waals surface area contributed by atoms with E-state index in [9.17, 15) is 5.26 Å². The van der Waals surface area contributed by atoms with Gasteiger partial charge in [-0.1, -0.05) is 108 Å². The van der Waals surface area contributed by atoms with E-state index in [1.54, 1.807) is 11.8 Å². The maximum atomic E-state index is 10.6. The van der Waals surface area contributed by atoms with Crippen molar-refractivity contribution in [3.8, 4) is 22.9 Å². The van der Waals surface area contributed by atoms with Crippen molar-refractivity contribution in [2.24, 2.45) is 22.4 Å². The number of nitriles is 1. The number of benzene rings is 4. The Balaban J connectivity index is 1.67. The monoisotopic (exact) mass is 773 g/mol. The number of aryl methyl sites for hydroxylation is 1. The summed E-state index contributed by atoms with van der Waals surface area (Å²) in [5, 5.41) is 19.7. The van der Waals surface area contributed by atoms with Crippen LogP contribution in [0.4, 0.5) is 5.69 Å². The SMILES string of the molecule is CN=NN(/C=C/c1cn(C)c2nc(C#N)c(N=C(c3ccccc3)c3ccccc3)c(-c3cccc(OCc4ccccc4)c3C)c12)PI. The Labute approximate surface area is 300 Å². The second kappa shape index (κ2) is 15.8. The molecule has 0 aliphatic heterocycles. The van der Waals surface area contributed by atoms with Crippen LogP contribution < -0.4 is 4.74 Å². The molecule has 0 saturated heterocycles. The number of nitrogens with zero attached hydrogens (tertiary/aromatic N) is 7. The first kappa shape index (κ1) is 33.7. The minimum Gasteiger partial charge on any atom is -0.489 e. The van der Waals surface area contributed by atoms with Crippen molar-refractivity contribution >= 4 is 56.9 Å². The molecule has 6 aromatic rings. The van der Waals surface area contributed by atoms with Gasteiger partial charge in [-0.3, -0.25) is 0 Å². The van der Waals surface area contributed by atoms with Gasteiger partial charge in [-0.25, -0.2) is 14.8 Å². The van der Waals surface area contributed by atoms with Gasteiger partial charge in [0.25, 0.3) is 0 Å². The maximum absolute atomic E-state index is 10.6. The molecular formula is C39H33IN7OP. The van der Waals surface area contributed by atoms with Gasteiger partial charge >= 0.3 is 0 Å². The minimum absolute atomic E-state index is 0.230. The molecule has 6 rings (SSSR count). The van der Waals surface area contributed by atoms with Gasteiger partial charge in [0.05, 0.1) is 19.1 Å². The van der Waals surface area contributed by atoms with E-state index in [0.717, 1.165) is 55.8 Å². The molecule has 0 spiro atoms. The highest BCUT2D eigenvalue weighted by Gasteiger charge is 2.24. The third kappa shape index (κ3) is 7.46. The maximum Gasteiger partial charge on any atom is 0.169 e. The predicted octanol–water partition coefficient (Wildman–Crippen LogP) is 10.4. The van der Waals surface area contributed by atoms with Crippen LogP contribution >= 0.6 is 28.4 Å². The second-order valence-corrected chi connectivity index (χ2v) is 13.2. The lowest BCUT2D eigenvalue weighted by molar-refractivity contribution is 0.304. The molecule has 0 N–H and O–H groups in total. The van der Waals surface area contributed by atoms with Crippen LogP contribution in [0.1, 0.15) is 33.5 Å². The smallest absolute Gasteiger partial charge is 0.169 e. The van der Waals surface area contributed by atoms with Crippen molar-refractivity contribution in [3.05, 3.63) is 155 Å². The molecular weight excluding hydrogens is 740 g/mol. The zero-order chi connectivity index (χ0) is 34.2. The van der Waals surface area contributed by atoms with Gasteiger partial charge in [0.2, 0.25) is 0 Å². The highest BCUT2D eigenvalue weighted by Crippen LogP contribution is 2.44. The van der Waals surface area contributed by atoms with Crippen LogP contribution in [0, 0.1) is 18.3 Å². The lowest BCUT2D eigenvalue weighted by atomic mass is 9.93. The second-order valence-electron chi connectivity index (χ2n) is 11.1. The van der Waals surface area contributed by atoms with Crippen molar-refractivity contribution in [1.29, 1.82) is 5.26 Å². The van der Waals surface area contributed by atoms with E-state index in [-0.39, 0.29) is 5.69 Å². The van der Waals surface area contributed by atoms with Crippen LogP contribution in [0.5, 0.6) is 5.75 Å². The van der Waals surface area contributed by atoms with E-state index in [4.69, 9.17) is 14.7 Å². The summed E-state index contributed by atoms with van der Waals surface area (Å²) in [6.45, 7) is 2.48. The van der Waals surface area contributed by atoms with Crippen LogP contribution in [-0.4, -0.2) is 27.1 Å². The molecule has 0 radical (unpaired) electrons. The normalized spacial score (nSPS) is 11.5. The average molecular weight is 774 g/mol. The zero-order valence-corrected chi connectivity index (χ0v) is 30.4. The van der Waals surface area contributed by atoms with Crippen molar-refractivity contribution in [2.75, 3.05) is 7.05 Å². The zero-order valence-electron chi connectivity index (χ0n) is 27.2. The molecule has 1 atom stereocenters. The number of pyridine rings is 1. The van der Waals surface area contributed by atoms with E-state index < -0.39 is 0 Å². The van der Waals surface area contributed by atoms with Gasteiger partial charge < -0.3 is 9.30 Å². The van der Waals surface area contributed by atoms with Crippen molar-refractivity contribution in [2.45, 2.75) is 13.5 Å². The largest absolute Gasteiger partial charge is 0.489 e. The molecule has 0 saturated carbocycles. The van der Waals surface area contributed by atoms with Crippen molar-refractivity contribution in [1.82, 2.24) is 14.3 Å². The first-order chi connectivity index (χ1) is 24.0. The highest BCUT2D eigenvalue weighted by molar-refractivity contribution is 14.2. The fourth-order valence-electron chi connectivity index (χ4n) is 5.70. The Bertz CT molecular complexity index is 2170. The average Bonchev–Trinajstić information content (AvgIpc) is 3.46. The topological polar surface area (TPSA) is 91.2 Å².